The summed E-state index contributed by atoms with van der Waals surface area (Å²) in [6.07, 6.45) is 1.92. The van der Waals surface area contributed by atoms with Crippen LogP contribution in [0.3, 0.4) is 0 Å². The van der Waals surface area contributed by atoms with Crippen LogP contribution < -0.4 is 20.5 Å². The number of methoxy groups -OCH3 is 2. The van der Waals surface area contributed by atoms with Gasteiger partial charge in [-0.15, -0.1) is 0 Å². The highest BCUT2D eigenvalue weighted by Crippen LogP contribution is 2.28. The first-order chi connectivity index (χ1) is 14.0. The molecule has 2 aromatic carbocycles. The molecule has 1 unspecified atom stereocenters. The van der Waals surface area contributed by atoms with Crippen molar-refractivity contribution in [3.8, 4) is 11.5 Å². The third-order valence-corrected chi connectivity index (χ3v) is 4.69. The zero-order chi connectivity index (χ0) is 20.8. The van der Waals surface area contributed by atoms with E-state index in [4.69, 9.17) is 15.2 Å². The van der Waals surface area contributed by atoms with Crippen molar-refractivity contribution in [2.45, 2.75) is 25.9 Å². The molecule has 7 heteroatoms. The molecule has 3 aromatic rings. The fourth-order valence-electron chi connectivity index (χ4n) is 3.11. The van der Waals surface area contributed by atoms with E-state index in [2.05, 4.69) is 10.4 Å². The molecule has 29 heavy (non-hydrogen) atoms. The van der Waals surface area contributed by atoms with E-state index in [0.29, 0.717) is 23.9 Å². The molecule has 0 aliphatic carbocycles. The summed E-state index contributed by atoms with van der Waals surface area (Å²) < 4.78 is 12.4. The number of carbonyl (C=O) groups excluding carboxylic acids is 1. The average molecular weight is 394 g/mol. The van der Waals surface area contributed by atoms with Gasteiger partial charge in [-0.3, -0.25) is 4.79 Å². The molecule has 0 saturated carbocycles. The predicted molar refractivity (Wildman–Crippen MR) is 112 cm³/mol. The SMILES string of the molecule is COc1ccc(Cn2ncc(C)c2NC(=O)CC(N)c2ccccc2)cc1OC. The Balaban J connectivity index is 1.72. The second-order valence-electron chi connectivity index (χ2n) is 6.79. The van der Waals surface area contributed by atoms with Gasteiger partial charge < -0.3 is 20.5 Å². The Bertz CT molecular complexity index is 969. The molecule has 0 bridgehead atoms. The maximum Gasteiger partial charge on any atom is 0.227 e. The lowest BCUT2D eigenvalue weighted by molar-refractivity contribution is -0.116. The normalized spacial score (nSPS) is 11.7. The number of carbonyl (C=O) groups is 1. The second-order valence-corrected chi connectivity index (χ2v) is 6.79. The minimum Gasteiger partial charge on any atom is -0.493 e. The van der Waals surface area contributed by atoms with Crippen LogP contribution in [0.5, 0.6) is 11.5 Å². The predicted octanol–water partition coefficient (Wildman–Crippen LogP) is 3.29. The molecule has 0 saturated heterocycles. The Morgan fingerprint density at radius 3 is 2.55 bits per heavy atom. The summed E-state index contributed by atoms with van der Waals surface area (Å²) in [4.78, 5) is 12.6. The lowest BCUT2D eigenvalue weighted by Gasteiger charge is -2.14. The van der Waals surface area contributed by atoms with Crippen LogP contribution in [0.25, 0.3) is 0 Å². The van der Waals surface area contributed by atoms with Crippen molar-refractivity contribution in [1.82, 2.24) is 9.78 Å². The first-order valence-electron chi connectivity index (χ1n) is 9.35. The number of anilines is 1. The number of benzene rings is 2. The smallest absolute Gasteiger partial charge is 0.227 e. The van der Waals surface area contributed by atoms with Gasteiger partial charge in [0.2, 0.25) is 5.91 Å². The van der Waals surface area contributed by atoms with Crippen LogP contribution >= 0.6 is 0 Å². The molecule has 0 radical (unpaired) electrons. The Morgan fingerprint density at radius 2 is 1.86 bits per heavy atom. The molecule has 152 valence electrons. The summed E-state index contributed by atoms with van der Waals surface area (Å²) in [5.41, 5.74) is 8.96. The van der Waals surface area contributed by atoms with Crippen LogP contribution in [0.2, 0.25) is 0 Å². The van der Waals surface area contributed by atoms with Crippen molar-refractivity contribution in [3.05, 3.63) is 71.4 Å². The van der Waals surface area contributed by atoms with Crippen molar-refractivity contribution in [1.29, 1.82) is 0 Å². The van der Waals surface area contributed by atoms with Gasteiger partial charge >= 0.3 is 0 Å². The lowest BCUT2D eigenvalue weighted by Crippen LogP contribution is -2.22. The minimum absolute atomic E-state index is 0.154. The number of amides is 1. The zero-order valence-electron chi connectivity index (χ0n) is 16.9. The molecule has 0 spiro atoms. The van der Waals surface area contributed by atoms with Crippen molar-refractivity contribution in [2.75, 3.05) is 19.5 Å². The summed E-state index contributed by atoms with van der Waals surface area (Å²) in [6, 6.07) is 14.9. The number of aromatic nitrogens is 2. The largest absolute Gasteiger partial charge is 0.493 e. The van der Waals surface area contributed by atoms with Gasteiger partial charge in [0.05, 0.1) is 27.0 Å². The fraction of sp³-hybridized carbons (Fsp3) is 0.273. The van der Waals surface area contributed by atoms with Crippen LogP contribution in [0.4, 0.5) is 5.82 Å². The number of rotatable bonds is 8. The van der Waals surface area contributed by atoms with E-state index in [1.54, 1.807) is 25.1 Å². The third kappa shape index (κ3) is 4.94. The molecule has 3 N–H and O–H groups in total. The number of nitrogens with one attached hydrogen (secondary N) is 1. The van der Waals surface area contributed by atoms with Gasteiger partial charge in [-0.2, -0.15) is 5.10 Å². The third-order valence-electron chi connectivity index (χ3n) is 4.69. The number of aryl methyl sites for hydroxylation is 1. The molecule has 0 aliphatic heterocycles. The van der Waals surface area contributed by atoms with E-state index in [9.17, 15) is 4.79 Å². The van der Waals surface area contributed by atoms with Gasteiger partial charge in [0, 0.05) is 18.0 Å². The van der Waals surface area contributed by atoms with Crippen LogP contribution in [0, 0.1) is 6.92 Å². The minimum atomic E-state index is -0.362. The summed E-state index contributed by atoms with van der Waals surface area (Å²) in [6.45, 7) is 2.39. The molecular weight excluding hydrogens is 368 g/mol. The maximum atomic E-state index is 12.6. The molecule has 1 atom stereocenters. The zero-order valence-corrected chi connectivity index (χ0v) is 16.9. The number of nitrogens with zero attached hydrogens (tertiary/aromatic N) is 2. The summed E-state index contributed by atoms with van der Waals surface area (Å²) in [7, 11) is 3.20. The highest BCUT2D eigenvalue weighted by Gasteiger charge is 2.16. The summed E-state index contributed by atoms with van der Waals surface area (Å²) in [5.74, 6) is 1.81. The van der Waals surface area contributed by atoms with Gasteiger partial charge in [0.1, 0.15) is 5.82 Å². The van der Waals surface area contributed by atoms with E-state index in [1.807, 2.05) is 55.5 Å². The second kappa shape index (κ2) is 9.25. The number of hydrogen-bond acceptors (Lipinski definition) is 5. The van der Waals surface area contributed by atoms with E-state index in [-0.39, 0.29) is 18.4 Å². The monoisotopic (exact) mass is 394 g/mol. The highest BCUT2D eigenvalue weighted by atomic mass is 16.5. The van der Waals surface area contributed by atoms with Gasteiger partial charge in [-0.25, -0.2) is 4.68 Å². The van der Waals surface area contributed by atoms with E-state index < -0.39 is 0 Å². The summed E-state index contributed by atoms with van der Waals surface area (Å²) in [5, 5.41) is 7.35. The Kier molecular flexibility index (Phi) is 6.51. The fourth-order valence-corrected chi connectivity index (χ4v) is 3.11. The molecule has 0 fully saturated rings. The highest BCUT2D eigenvalue weighted by molar-refractivity contribution is 5.91. The number of hydrogen-bond donors (Lipinski definition) is 2. The number of nitrogens with two attached hydrogens (primary N) is 1. The van der Waals surface area contributed by atoms with E-state index in [1.165, 1.54) is 0 Å². The molecule has 1 amide bonds. The van der Waals surface area contributed by atoms with Crippen LogP contribution in [0.1, 0.15) is 29.2 Å². The quantitative estimate of drug-likeness (QED) is 0.612. The standard InChI is InChI=1S/C22H26N4O3/c1-15-13-24-26(14-16-9-10-19(28-2)20(11-16)29-3)22(15)25-21(27)12-18(23)17-7-5-4-6-8-17/h4-11,13,18H,12,14,23H2,1-3H3,(H,25,27). The van der Waals surface area contributed by atoms with Gasteiger partial charge in [0.25, 0.3) is 0 Å². The molecule has 1 aromatic heterocycles. The Morgan fingerprint density at radius 1 is 1.14 bits per heavy atom. The van der Waals surface area contributed by atoms with Crippen LogP contribution in [-0.2, 0) is 11.3 Å². The molecule has 1 heterocycles. The van der Waals surface area contributed by atoms with Crippen molar-refractivity contribution in [3.63, 3.8) is 0 Å². The van der Waals surface area contributed by atoms with Gasteiger partial charge in [-0.05, 0) is 30.2 Å². The van der Waals surface area contributed by atoms with Crippen molar-refractivity contribution < 1.29 is 14.3 Å². The van der Waals surface area contributed by atoms with Crippen LogP contribution in [-0.4, -0.2) is 29.9 Å². The Labute approximate surface area is 170 Å². The summed E-state index contributed by atoms with van der Waals surface area (Å²) >= 11 is 0. The van der Waals surface area contributed by atoms with Crippen LogP contribution in [0.15, 0.2) is 54.7 Å². The Hall–Kier alpha value is -3.32. The molecule has 3 rings (SSSR count). The lowest BCUT2D eigenvalue weighted by atomic mass is 10.0. The topological polar surface area (TPSA) is 91.4 Å². The van der Waals surface area contributed by atoms with Crippen molar-refractivity contribution >= 4 is 11.7 Å². The first-order valence-corrected chi connectivity index (χ1v) is 9.35. The van der Waals surface area contributed by atoms with Gasteiger partial charge in [0.15, 0.2) is 11.5 Å². The van der Waals surface area contributed by atoms with E-state index >= 15 is 0 Å². The average Bonchev–Trinajstić information content (AvgIpc) is 3.07. The van der Waals surface area contributed by atoms with Crippen molar-refractivity contribution in [2.24, 2.45) is 5.73 Å². The van der Waals surface area contributed by atoms with Gasteiger partial charge in [-0.1, -0.05) is 36.4 Å². The van der Waals surface area contributed by atoms with E-state index in [0.717, 1.165) is 16.7 Å². The maximum absolute atomic E-state index is 12.6. The molecule has 7 nitrogen and oxygen atoms in total. The molecular formula is C22H26N4O3. The number of ether oxygens (including phenoxy) is 2. The first kappa shape index (κ1) is 20.4. The molecule has 0 aliphatic rings.